The highest BCUT2D eigenvalue weighted by Gasteiger charge is 2.40. The second kappa shape index (κ2) is 11.8. The van der Waals surface area contributed by atoms with Gasteiger partial charge in [-0.25, -0.2) is 4.79 Å². The molecular weight excluding hydrogens is 508 g/mol. The standard InChI is InChI=1S/C30H38N6O4/c1-20-15-22(17-31-32-20)21-9-10-25(27(16-21)39-19-38-5)26-11-12-28(34-33-26)35-14-13-24(18-35)36(23-7-6-8-23)29(37)40-30(2,3)4/h9-12,15-17,23-24H,6-8,13-14,18-19H2,1-5H3/t24-/m0/s1. The number of aryl methyl sites for hydroxylation is 1. The SMILES string of the molecule is COCOc1cc(-c2cnnc(C)c2)ccc1-c1ccc(N2CC[C@H](N(C(=O)OC(C)(C)C)C3CCC3)C2)nn1. The lowest BCUT2D eigenvalue weighted by atomic mass is 9.90. The molecule has 1 saturated carbocycles. The molecule has 2 aromatic heterocycles. The molecule has 3 aromatic rings. The molecule has 1 aliphatic heterocycles. The van der Waals surface area contributed by atoms with Gasteiger partial charge in [-0.15, -0.1) is 10.2 Å². The second-order valence-electron chi connectivity index (χ2n) is 11.5. The molecule has 2 aliphatic rings. The number of carbonyl (C=O) groups is 1. The van der Waals surface area contributed by atoms with Crippen molar-refractivity contribution in [2.45, 2.75) is 71.1 Å². The highest BCUT2D eigenvalue weighted by molar-refractivity contribution is 5.74. The van der Waals surface area contributed by atoms with E-state index in [-0.39, 0.29) is 25.0 Å². The molecule has 1 saturated heterocycles. The van der Waals surface area contributed by atoms with E-state index in [2.05, 4.69) is 25.3 Å². The summed E-state index contributed by atoms with van der Waals surface area (Å²) >= 11 is 0. The quantitative estimate of drug-likeness (QED) is 0.350. The van der Waals surface area contributed by atoms with Gasteiger partial charge in [0.15, 0.2) is 12.6 Å². The van der Waals surface area contributed by atoms with Crippen LogP contribution in [0, 0.1) is 6.92 Å². The van der Waals surface area contributed by atoms with Crippen molar-refractivity contribution in [2.75, 3.05) is 31.9 Å². The molecule has 212 valence electrons. The zero-order chi connectivity index (χ0) is 28.3. The number of anilines is 1. The number of hydrogen-bond donors (Lipinski definition) is 0. The lowest BCUT2D eigenvalue weighted by Gasteiger charge is -2.41. The van der Waals surface area contributed by atoms with Crippen molar-refractivity contribution in [1.29, 1.82) is 0 Å². The summed E-state index contributed by atoms with van der Waals surface area (Å²) in [4.78, 5) is 17.3. The molecule has 40 heavy (non-hydrogen) atoms. The molecule has 1 atom stereocenters. The van der Waals surface area contributed by atoms with Crippen LogP contribution in [0.2, 0.25) is 0 Å². The average molecular weight is 547 g/mol. The van der Waals surface area contributed by atoms with E-state index in [9.17, 15) is 4.79 Å². The number of methoxy groups -OCH3 is 1. The van der Waals surface area contributed by atoms with Crippen molar-refractivity contribution in [3.63, 3.8) is 0 Å². The molecule has 10 nitrogen and oxygen atoms in total. The normalized spacial score (nSPS) is 17.4. The van der Waals surface area contributed by atoms with Gasteiger partial charge in [0.05, 0.1) is 23.6 Å². The van der Waals surface area contributed by atoms with Gasteiger partial charge in [-0.3, -0.25) is 0 Å². The molecule has 0 N–H and O–H groups in total. The van der Waals surface area contributed by atoms with Crippen molar-refractivity contribution in [3.8, 4) is 28.1 Å². The van der Waals surface area contributed by atoms with Crippen LogP contribution in [0.25, 0.3) is 22.4 Å². The smallest absolute Gasteiger partial charge is 0.410 e. The van der Waals surface area contributed by atoms with E-state index in [1.165, 1.54) is 0 Å². The van der Waals surface area contributed by atoms with Crippen LogP contribution in [0.1, 0.15) is 52.1 Å². The van der Waals surface area contributed by atoms with E-state index in [4.69, 9.17) is 14.2 Å². The number of hydrogen-bond acceptors (Lipinski definition) is 9. The Bertz CT molecular complexity index is 1320. The highest BCUT2D eigenvalue weighted by Crippen LogP contribution is 2.35. The molecule has 0 spiro atoms. The Kier molecular flexibility index (Phi) is 8.16. The summed E-state index contributed by atoms with van der Waals surface area (Å²) < 4.78 is 16.8. The molecule has 1 aromatic carbocycles. The van der Waals surface area contributed by atoms with Gasteiger partial charge in [0.25, 0.3) is 0 Å². The van der Waals surface area contributed by atoms with Gasteiger partial charge in [0, 0.05) is 37.4 Å². The summed E-state index contributed by atoms with van der Waals surface area (Å²) in [5.41, 5.74) is 3.75. The molecule has 10 heteroatoms. The summed E-state index contributed by atoms with van der Waals surface area (Å²) in [6.07, 6.45) is 5.62. The van der Waals surface area contributed by atoms with Crippen molar-refractivity contribution in [2.24, 2.45) is 0 Å². The number of amides is 1. The van der Waals surface area contributed by atoms with Crippen LogP contribution in [-0.2, 0) is 9.47 Å². The van der Waals surface area contributed by atoms with Crippen molar-refractivity contribution in [3.05, 3.63) is 48.3 Å². The molecule has 0 unspecified atom stereocenters. The molecule has 5 rings (SSSR count). The fourth-order valence-corrected chi connectivity index (χ4v) is 5.18. The van der Waals surface area contributed by atoms with Crippen LogP contribution < -0.4 is 9.64 Å². The van der Waals surface area contributed by atoms with Gasteiger partial charge in [0.2, 0.25) is 0 Å². The van der Waals surface area contributed by atoms with E-state index < -0.39 is 5.60 Å². The van der Waals surface area contributed by atoms with Crippen LogP contribution in [0.3, 0.4) is 0 Å². The van der Waals surface area contributed by atoms with E-state index in [0.717, 1.165) is 60.4 Å². The summed E-state index contributed by atoms with van der Waals surface area (Å²) in [5.74, 6) is 1.43. The Morgan fingerprint density at radius 2 is 1.85 bits per heavy atom. The first-order valence-electron chi connectivity index (χ1n) is 13.9. The van der Waals surface area contributed by atoms with Crippen LogP contribution in [0.15, 0.2) is 42.6 Å². The zero-order valence-electron chi connectivity index (χ0n) is 24.0. The van der Waals surface area contributed by atoms with Crippen LogP contribution in [-0.4, -0.2) is 76.1 Å². The Morgan fingerprint density at radius 1 is 1.02 bits per heavy atom. The zero-order valence-corrected chi connectivity index (χ0v) is 24.0. The topological polar surface area (TPSA) is 103 Å². The predicted molar refractivity (Wildman–Crippen MR) is 152 cm³/mol. The van der Waals surface area contributed by atoms with E-state index >= 15 is 0 Å². The summed E-state index contributed by atoms with van der Waals surface area (Å²) in [5, 5.41) is 17.2. The molecule has 1 aliphatic carbocycles. The number of rotatable bonds is 8. The molecule has 3 heterocycles. The first-order chi connectivity index (χ1) is 19.2. The van der Waals surface area contributed by atoms with Gasteiger partial charge < -0.3 is 24.0 Å². The van der Waals surface area contributed by atoms with Gasteiger partial charge >= 0.3 is 6.09 Å². The molecular formula is C30H38N6O4. The lowest BCUT2D eigenvalue weighted by molar-refractivity contribution is -0.00351. The van der Waals surface area contributed by atoms with Crippen molar-refractivity contribution >= 4 is 11.9 Å². The molecule has 0 radical (unpaired) electrons. The van der Waals surface area contributed by atoms with E-state index in [0.29, 0.717) is 18.0 Å². The van der Waals surface area contributed by atoms with Crippen molar-refractivity contribution in [1.82, 2.24) is 25.3 Å². The summed E-state index contributed by atoms with van der Waals surface area (Å²) in [6.45, 7) is 9.28. The second-order valence-corrected chi connectivity index (χ2v) is 11.5. The van der Waals surface area contributed by atoms with Gasteiger partial charge in [-0.05, 0) is 89.3 Å². The number of nitrogens with zero attached hydrogens (tertiary/aromatic N) is 6. The first kappa shape index (κ1) is 27.8. The Balaban J connectivity index is 1.33. The lowest BCUT2D eigenvalue weighted by Crippen LogP contribution is -2.52. The average Bonchev–Trinajstić information content (AvgIpc) is 3.38. The third kappa shape index (κ3) is 6.33. The Labute approximate surface area is 235 Å². The number of aromatic nitrogens is 4. The van der Waals surface area contributed by atoms with Gasteiger partial charge in [-0.2, -0.15) is 10.2 Å². The third-order valence-corrected chi connectivity index (χ3v) is 7.30. The summed E-state index contributed by atoms with van der Waals surface area (Å²) in [7, 11) is 1.59. The van der Waals surface area contributed by atoms with Crippen molar-refractivity contribution < 1.29 is 19.0 Å². The minimum absolute atomic E-state index is 0.0922. The fraction of sp³-hybridized carbons (Fsp3) is 0.500. The first-order valence-corrected chi connectivity index (χ1v) is 13.9. The van der Waals surface area contributed by atoms with Gasteiger partial charge in [0.1, 0.15) is 11.4 Å². The minimum atomic E-state index is -0.517. The number of benzene rings is 1. The third-order valence-electron chi connectivity index (χ3n) is 7.30. The van der Waals surface area contributed by atoms with E-state index in [1.807, 2.05) is 69.0 Å². The highest BCUT2D eigenvalue weighted by atomic mass is 16.7. The predicted octanol–water partition coefficient (Wildman–Crippen LogP) is 5.26. The monoisotopic (exact) mass is 546 g/mol. The van der Waals surface area contributed by atoms with E-state index in [1.54, 1.807) is 13.3 Å². The maximum Gasteiger partial charge on any atom is 0.410 e. The molecule has 2 fully saturated rings. The summed E-state index contributed by atoms with van der Waals surface area (Å²) in [6, 6.07) is 12.2. The molecule has 0 bridgehead atoms. The van der Waals surface area contributed by atoms with Crippen LogP contribution in [0.4, 0.5) is 10.6 Å². The fourth-order valence-electron chi connectivity index (χ4n) is 5.18. The Morgan fingerprint density at radius 3 is 2.50 bits per heavy atom. The number of carbonyl (C=O) groups excluding carboxylic acids is 1. The maximum absolute atomic E-state index is 13.1. The Hall–Kier alpha value is -3.79. The van der Waals surface area contributed by atoms with Crippen LogP contribution in [0.5, 0.6) is 5.75 Å². The number of ether oxygens (including phenoxy) is 3. The van der Waals surface area contributed by atoms with Gasteiger partial charge in [-0.1, -0.05) is 6.07 Å². The van der Waals surface area contributed by atoms with Crippen LogP contribution >= 0.6 is 0 Å². The minimum Gasteiger partial charge on any atom is -0.467 e. The maximum atomic E-state index is 13.1. The molecule has 1 amide bonds. The largest absolute Gasteiger partial charge is 0.467 e.